The third-order valence-electron chi connectivity index (χ3n) is 10.8. The molecule has 270 valence electrons. The molecule has 0 saturated carbocycles. The van der Waals surface area contributed by atoms with Crippen molar-refractivity contribution in [3.8, 4) is 17.3 Å². The fourth-order valence-corrected chi connectivity index (χ4v) is 7.94. The van der Waals surface area contributed by atoms with Crippen molar-refractivity contribution in [2.75, 3.05) is 44.7 Å². The summed E-state index contributed by atoms with van der Waals surface area (Å²) in [7, 11) is 1.84. The van der Waals surface area contributed by atoms with Crippen molar-refractivity contribution in [2.45, 2.75) is 63.5 Å². The number of carbonyl (C=O) groups is 1. The van der Waals surface area contributed by atoms with E-state index in [-0.39, 0.29) is 57.5 Å². The second-order valence-corrected chi connectivity index (χ2v) is 14.3. The molecule has 3 aliphatic rings. The molecule has 14 heteroatoms. The van der Waals surface area contributed by atoms with Gasteiger partial charge in [0.2, 0.25) is 5.91 Å². The lowest BCUT2D eigenvalue weighted by molar-refractivity contribution is -0.124. The molecule has 3 aliphatic heterocycles. The Morgan fingerprint density at radius 3 is 2.65 bits per heavy atom. The van der Waals surface area contributed by atoms with Crippen molar-refractivity contribution in [1.29, 1.82) is 0 Å². The van der Waals surface area contributed by atoms with Crippen LogP contribution in [0.4, 0.5) is 19.0 Å². The molecule has 0 N–H and O–H groups in total. The number of rotatable bonds is 9. The summed E-state index contributed by atoms with van der Waals surface area (Å²) in [6.45, 7) is 7.18. The van der Waals surface area contributed by atoms with Crippen molar-refractivity contribution >= 4 is 39.5 Å². The molecule has 0 radical (unpaired) electrons. The summed E-state index contributed by atoms with van der Waals surface area (Å²) in [5, 5.41) is 4.60. The maximum Gasteiger partial charge on any atom is 0.319 e. The lowest BCUT2D eigenvalue weighted by atomic mass is 9.95. The second kappa shape index (κ2) is 13.5. The lowest BCUT2D eigenvalue weighted by Crippen LogP contribution is -2.43. The van der Waals surface area contributed by atoms with Gasteiger partial charge in [-0.25, -0.2) is 13.2 Å². The van der Waals surface area contributed by atoms with Gasteiger partial charge in [0.15, 0.2) is 23.3 Å². The van der Waals surface area contributed by atoms with E-state index in [1.54, 1.807) is 17.0 Å². The molecule has 1 atom stereocenters. The first-order valence-electron chi connectivity index (χ1n) is 17.8. The van der Waals surface area contributed by atoms with Gasteiger partial charge < -0.3 is 19.1 Å². The van der Waals surface area contributed by atoms with Gasteiger partial charge in [0.05, 0.1) is 10.9 Å². The van der Waals surface area contributed by atoms with Crippen molar-refractivity contribution in [2.24, 2.45) is 0 Å². The van der Waals surface area contributed by atoms with Gasteiger partial charge in [-0.3, -0.25) is 14.7 Å². The Morgan fingerprint density at radius 1 is 1.08 bits per heavy atom. The van der Waals surface area contributed by atoms with Crippen LogP contribution in [0.5, 0.6) is 6.01 Å². The molecule has 5 aromatic rings. The van der Waals surface area contributed by atoms with Gasteiger partial charge in [-0.1, -0.05) is 43.3 Å². The highest BCUT2D eigenvalue weighted by Gasteiger charge is 2.45. The number of hydrogen-bond donors (Lipinski definition) is 0. The largest absolute Gasteiger partial charge is 0.461 e. The Labute approximate surface area is 298 Å². The van der Waals surface area contributed by atoms with Crippen LogP contribution in [0.25, 0.3) is 39.0 Å². The summed E-state index contributed by atoms with van der Waals surface area (Å²) in [5.74, 6) is -1.81. The molecule has 3 aromatic heterocycles. The molecule has 0 aliphatic carbocycles. The number of halogens is 3. The van der Waals surface area contributed by atoms with E-state index in [4.69, 9.17) is 14.2 Å². The van der Waals surface area contributed by atoms with Crippen molar-refractivity contribution in [3.05, 3.63) is 71.8 Å². The van der Waals surface area contributed by atoms with Crippen LogP contribution in [0.1, 0.15) is 63.6 Å². The number of carbonyl (C=O) groups excluding carboxylic acids is 1. The summed E-state index contributed by atoms with van der Waals surface area (Å²) in [4.78, 5) is 37.4. The molecule has 8 rings (SSSR count). The minimum Gasteiger partial charge on any atom is -0.461 e. The van der Waals surface area contributed by atoms with Crippen LogP contribution >= 0.6 is 0 Å². The first kappa shape index (κ1) is 34.0. The zero-order valence-electron chi connectivity index (χ0n) is 29.3. The average Bonchev–Trinajstić information content (AvgIpc) is 3.96. The van der Waals surface area contributed by atoms with E-state index in [0.29, 0.717) is 48.5 Å². The van der Waals surface area contributed by atoms with E-state index < -0.39 is 17.5 Å². The molecule has 0 bridgehead atoms. The van der Waals surface area contributed by atoms with Gasteiger partial charge >= 0.3 is 6.01 Å². The number of fused-ring (bicyclic) bond motifs is 3. The predicted octanol–water partition coefficient (Wildman–Crippen LogP) is 6.53. The number of nitrogens with zero attached hydrogens (tertiary/aromatic N) is 8. The number of likely N-dealkylation sites (tertiary alicyclic amines) is 1. The molecule has 3 saturated heterocycles. The smallest absolute Gasteiger partial charge is 0.319 e. The maximum atomic E-state index is 16.8. The van der Waals surface area contributed by atoms with Crippen LogP contribution in [0.3, 0.4) is 0 Å². The number of amides is 1. The monoisotopic (exact) mass is 712 g/mol. The van der Waals surface area contributed by atoms with Crippen LogP contribution in [-0.4, -0.2) is 92.2 Å². The average molecular weight is 713 g/mol. The summed E-state index contributed by atoms with van der Waals surface area (Å²) < 4.78 is 57.9. The Bertz CT molecular complexity index is 2200. The first-order valence-corrected chi connectivity index (χ1v) is 17.8. The van der Waals surface area contributed by atoms with Crippen LogP contribution in [-0.2, 0) is 4.79 Å². The number of aromatic nitrogens is 5. The molecule has 52 heavy (non-hydrogen) atoms. The normalized spacial score (nSPS) is 18.8. The predicted molar refractivity (Wildman–Crippen MR) is 189 cm³/mol. The summed E-state index contributed by atoms with van der Waals surface area (Å²) >= 11 is 0. The van der Waals surface area contributed by atoms with Crippen molar-refractivity contribution in [3.63, 3.8) is 0 Å². The summed E-state index contributed by atoms with van der Waals surface area (Å²) in [6.07, 6.45) is 9.20. The number of ether oxygens (including phenoxy) is 1. The minimum absolute atomic E-state index is 0.0165. The van der Waals surface area contributed by atoms with E-state index in [9.17, 15) is 9.18 Å². The lowest BCUT2D eigenvalue weighted by Gasteiger charge is -2.31. The molecule has 0 unspecified atom stereocenters. The first-order chi connectivity index (χ1) is 25.1. The molecule has 1 amide bonds. The topological polar surface area (TPSA) is 114 Å². The van der Waals surface area contributed by atoms with E-state index in [1.807, 2.05) is 25.8 Å². The van der Waals surface area contributed by atoms with E-state index in [2.05, 4.69) is 25.0 Å². The SMILES string of the molecule is CC(C)c1noc(/C=C/C(=O)N2CC[C@@H](N(C)c3nc(OCC45CCCN4CCC5)nc4c(F)c(-c5cccc6ccc(F)c(F)c56)ncc34)C2)n1. The molecular formula is C38H39F3N8O3. The third-order valence-corrected chi connectivity index (χ3v) is 10.8. The van der Waals surface area contributed by atoms with Crippen LogP contribution in [0.2, 0.25) is 0 Å². The number of likely N-dealkylation sites (N-methyl/N-ethyl adjacent to an activating group) is 1. The van der Waals surface area contributed by atoms with Crippen LogP contribution in [0, 0.1) is 17.5 Å². The zero-order chi connectivity index (χ0) is 36.1. The van der Waals surface area contributed by atoms with E-state index in [0.717, 1.165) is 44.8 Å². The van der Waals surface area contributed by atoms with Gasteiger partial charge in [-0.05, 0) is 56.6 Å². The minimum atomic E-state index is -1.08. The Balaban J connectivity index is 1.13. The van der Waals surface area contributed by atoms with Gasteiger partial charge in [0.25, 0.3) is 5.89 Å². The highest BCUT2D eigenvalue weighted by Crippen LogP contribution is 2.40. The molecule has 0 spiro atoms. The Kier molecular flexibility index (Phi) is 8.80. The number of hydrogen-bond acceptors (Lipinski definition) is 10. The van der Waals surface area contributed by atoms with E-state index in [1.165, 1.54) is 30.5 Å². The van der Waals surface area contributed by atoms with Gasteiger partial charge in [-0.15, -0.1) is 0 Å². The van der Waals surface area contributed by atoms with Gasteiger partial charge in [-0.2, -0.15) is 15.0 Å². The molecule has 11 nitrogen and oxygen atoms in total. The Morgan fingerprint density at radius 2 is 1.88 bits per heavy atom. The second-order valence-electron chi connectivity index (χ2n) is 14.3. The van der Waals surface area contributed by atoms with Gasteiger partial charge in [0.1, 0.15) is 23.6 Å². The fraction of sp³-hybridized carbons (Fsp3) is 0.421. The van der Waals surface area contributed by atoms with Gasteiger partial charge in [0, 0.05) is 61.4 Å². The fourth-order valence-electron chi connectivity index (χ4n) is 7.94. The zero-order valence-corrected chi connectivity index (χ0v) is 29.3. The van der Waals surface area contributed by atoms with Crippen molar-refractivity contribution < 1.29 is 27.2 Å². The standard InChI is InChI=1S/C38H39F3N8O3/c1-22(2)35-43-28(52-46-35)11-12-29(50)48-18-13-24(20-48)47(3)36-26-19-42-33(25-8-4-7-23-9-10-27(39)31(40)30(23)25)32(41)34(26)44-37(45-36)51-21-38-14-5-16-49(38)17-6-15-38/h4,7-12,19,22,24H,5-6,13-18,20-21H2,1-3H3/b12-11+/t24-/m1/s1. The molecule has 6 heterocycles. The maximum absolute atomic E-state index is 16.8. The summed E-state index contributed by atoms with van der Waals surface area (Å²) in [6, 6.07) is 7.14. The highest BCUT2D eigenvalue weighted by molar-refractivity contribution is 5.99. The molecular weight excluding hydrogens is 673 g/mol. The van der Waals surface area contributed by atoms with Crippen molar-refractivity contribution in [1.82, 2.24) is 34.9 Å². The molecule has 3 fully saturated rings. The third kappa shape index (κ3) is 6.02. The van der Waals surface area contributed by atoms with E-state index >= 15 is 8.78 Å². The number of pyridine rings is 1. The number of anilines is 1. The Hall–Kier alpha value is -5.11. The number of benzene rings is 2. The van der Waals surface area contributed by atoms with Crippen LogP contribution in [0.15, 0.2) is 47.1 Å². The summed E-state index contributed by atoms with van der Waals surface area (Å²) in [5.41, 5.74) is -0.209. The molecule has 2 aromatic carbocycles. The quantitative estimate of drug-likeness (QED) is 0.157. The van der Waals surface area contributed by atoms with Crippen LogP contribution < -0.4 is 9.64 Å². The highest BCUT2D eigenvalue weighted by atomic mass is 19.2.